The van der Waals surface area contributed by atoms with Gasteiger partial charge in [-0.2, -0.15) is 0 Å². The molecule has 2 nitrogen and oxygen atoms in total. The molecule has 0 bridgehead atoms. The average molecular weight is 225 g/mol. The Kier molecular flexibility index (Phi) is 5.11. The highest BCUT2D eigenvalue weighted by atomic mass is 16.3. The van der Waals surface area contributed by atoms with Gasteiger partial charge in [0.2, 0.25) is 0 Å². The van der Waals surface area contributed by atoms with Crippen molar-refractivity contribution in [2.75, 3.05) is 6.54 Å². The predicted octanol–water partition coefficient (Wildman–Crippen LogP) is 2.85. The normalized spacial score (nSPS) is 33.6. The van der Waals surface area contributed by atoms with Gasteiger partial charge in [-0.25, -0.2) is 0 Å². The van der Waals surface area contributed by atoms with Crippen molar-refractivity contribution in [3.63, 3.8) is 0 Å². The van der Waals surface area contributed by atoms with Crippen LogP contribution >= 0.6 is 0 Å². The van der Waals surface area contributed by atoms with Gasteiger partial charge < -0.3 is 10.4 Å². The van der Waals surface area contributed by atoms with Crippen LogP contribution in [0.15, 0.2) is 0 Å². The topological polar surface area (TPSA) is 32.3 Å². The summed E-state index contributed by atoms with van der Waals surface area (Å²) in [7, 11) is 0. The second-order valence-electron chi connectivity index (χ2n) is 5.77. The highest BCUT2D eigenvalue weighted by Gasteiger charge is 2.20. The summed E-state index contributed by atoms with van der Waals surface area (Å²) in [5.74, 6) is 0.826. The Morgan fingerprint density at radius 3 is 2.06 bits per heavy atom. The van der Waals surface area contributed by atoms with Gasteiger partial charge >= 0.3 is 0 Å². The zero-order chi connectivity index (χ0) is 11.2. The van der Waals surface area contributed by atoms with Crippen molar-refractivity contribution in [1.29, 1.82) is 0 Å². The average Bonchev–Trinajstić information content (AvgIpc) is 2.57. The fourth-order valence-corrected chi connectivity index (χ4v) is 3.17. The first kappa shape index (κ1) is 12.4. The van der Waals surface area contributed by atoms with Crippen molar-refractivity contribution in [2.45, 2.75) is 76.4 Å². The van der Waals surface area contributed by atoms with E-state index in [-0.39, 0.29) is 6.10 Å². The molecule has 0 aromatic heterocycles. The van der Waals surface area contributed by atoms with Crippen LogP contribution < -0.4 is 5.32 Å². The SMILES string of the molecule is OC1CCC(CNC2CCCCCC2)CC1. The molecule has 2 aliphatic carbocycles. The Balaban J connectivity index is 1.62. The molecule has 0 amide bonds. The van der Waals surface area contributed by atoms with Crippen LogP contribution in [0.4, 0.5) is 0 Å². The molecule has 16 heavy (non-hydrogen) atoms. The molecule has 94 valence electrons. The molecule has 0 aromatic carbocycles. The van der Waals surface area contributed by atoms with Crippen molar-refractivity contribution >= 4 is 0 Å². The summed E-state index contributed by atoms with van der Waals surface area (Å²) in [6, 6.07) is 0.786. The molecule has 2 fully saturated rings. The van der Waals surface area contributed by atoms with Crippen LogP contribution in [0.1, 0.15) is 64.2 Å². The summed E-state index contributed by atoms with van der Waals surface area (Å²) in [6.07, 6.45) is 13.0. The Morgan fingerprint density at radius 1 is 0.812 bits per heavy atom. The van der Waals surface area contributed by atoms with Crippen LogP contribution in [0.25, 0.3) is 0 Å². The lowest BCUT2D eigenvalue weighted by atomic mass is 9.87. The summed E-state index contributed by atoms with van der Waals surface area (Å²) < 4.78 is 0. The van der Waals surface area contributed by atoms with Crippen LogP contribution in [-0.4, -0.2) is 23.8 Å². The number of aliphatic hydroxyl groups is 1. The Labute approximate surface area is 99.8 Å². The van der Waals surface area contributed by atoms with E-state index < -0.39 is 0 Å². The monoisotopic (exact) mass is 225 g/mol. The van der Waals surface area contributed by atoms with Crippen LogP contribution in [0, 0.1) is 5.92 Å². The summed E-state index contributed by atoms with van der Waals surface area (Å²) in [5, 5.41) is 13.2. The van der Waals surface area contributed by atoms with Crippen molar-refractivity contribution in [1.82, 2.24) is 5.32 Å². The van der Waals surface area contributed by atoms with E-state index in [0.29, 0.717) is 0 Å². The predicted molar refractivity (Wildman–Crippen MR) is 67.5 cm³/mol. The number of hydrogen-bond donors (Lipinski definition) is 2. The smallest absolute Gasteiger partial charge is 0.0540 e. The van der Waals surface area contributed by atoms with Gasteiger partial charge in [0.1, 0.15) is 0 Å². The van der Waals surface area contributed by atoms with E-state index in [4.69, 9.17) is 0 Å². The third kappa shape index (κ3) is 4.06. The minimum atomic E-state index is -0.00543. The maximum absolute atomic E-state index is 9.46. The van der Waals surface area contributed by atoms with Crippen LogP contribution in [0.5, 0.6) is 0 Å². The Morgan fingerprint density at radius 2 is 1.44 bits per heavy atom. The second kappa shape index (κ2) is 6.61. The zero-order valence-electron chi connectivity index (χ0n) is 10.5. The molecule has 0 aromatic rings. The largest absolute Gasteiger partial charge is 0.393 e. The summed E-state index contributed by atoms with van der Waals surface area (Å²) in [4.78, 5) is 0. The van der Waals surface area contributed by atoms with Gasteiger partial charge in [-0.15, -0.1) is 0 Å². The lowest BCUT2D eigenvalue weighted by molar-refractivity contribution is 0.107. The Hall–Kier alpha value is -0.0800. The summed E-state index contributed by atoms with van der Waals surface area (Å²) >= 11 is 0. The molecular formula is C14H27NO. The molecule has 0 aliphatic heterocycles. The zero-order valence-corrected chi connectivity index (χ0v) is 10.5. The molecule has 0 spiro atoms. The molecule has 0 atom stereocenters. The minimum Gasteiger partial charge on any atom is -0.393 e. The fourth-order valence-electron chi connectivity index (χ4n) is 3.17. The summed E-state index contributed by atoms with van der Waals surface area (Å²) in [6.45, 7) is 1.19. The van der Waals surface area contributed by atoms with E-state index in [9.17, 15) is 5.11 Å². The van der Waals surface area contributed by atoms with Crippen LogP contribution in [0.2, 0.25) is 0 Å². The maximum atomic E-state index is 9.46. The van der Waals surface area contributed by atoms with Gasteiger partial charge in [-0.3, -0.25) is 0 Å². The molecule has 2 rings (SSSR count). The molecule has 0 unspecified atom stereocenters. The molecule has 0 saturated heterocycles. The van der Waals surface area contributed by atoms with E-state index in [0.717, 1.165) is 24.8 Å². The van der Waals surface area contributed by atoms with Crippen molar-refractivity contribution < 1.29 is 5.11 Å². The van der Waals surface area contributed by atoms with Crippen LogP contribution in [-0.2, 0) is 0 Å². The third-order valence-corrected chi connectivity index (χ3v) is 4.37. The van der Waals surface area contributed by atoms with Gasteiger partial charge in [0.25, 0.3) is 0 Å². The van der Waals surface area contributed by atoms with Crippen LogP contribution in [0.3, 0.4) is 0 Å². The summed E-state index contributed by atoms with van der Waals surface area (Å²) in [5.41, 5.74) is 0. The van der Waals surface area contributed by atoms with Crippen molar-refractivity contribution in [2.24, 2.45) is 5.92 Å². The van der Waals surface area contributed by atoms with Crippen molar-refractivity contribution in [3.8, 4) is 0 Å². The number of hydrogen-bond acceptors (Lipinski definition) is 2. The highest BCUT2D eigenvalue weighted by Crippen LogP contribution is 2.24. The highest BCUT2D eigenvalue weighted by molar-refractivity contribution is 4.76. The van der Waals surface area contributed by atoms with Gasteiger partial charge in [-0.05, 0) is 51.0 Å². The number of rotatable bonds is 3. The standard InChI is InChI=1S/C14H27NO/c16-14-9-7-12(8-10-14)11-15-13-5-3-1-2-4-6-13/h12-16H,1-11H2. The van der Waals surface area contributed by atoms with E-state index in [1.165, 1.54) is 57.9 Å². The van der Waals surface area contributed by atoms with Gasteiger partial charge in [0.15, 0.2) is 0 Å². The molecule has 2 aliphatic rings. The maximum Gasteiger partial charge on any atom is 0.0540 e. The molecular weight excluding hydrogens is 198 g/mol. The molecule has 0 heterocycles. The lowest BCUT2D eigenvalue weighted by Gasteiger charge is -2.27. The molecule has 2 N–H and O–H groups in total. The molecule has 2 saturated carbocycles. The van der Waals surface area contributed by atoms with Gasteiger partial charge in [0.05, 0.1) is 6.10 Å². The van der Waals surface area contributed by atoms with E-state index in [1.54, 1.807) is 0 Å². The molecule has 0 radical (unpaired) electrons. The van der Waals surface area contributed by atoms with Gasteiger partial charge in [0, 0.05) is 6.04 Å². The third-order valence-electron chi connectivity index (χ3n) is 4.37. The molecule has 2 heteroatoms. The first-order valence-electron chi connectivity index (χ1n) is 7.26. The number of nitrogens with one attached hydrogen (secondary N) is 1. The van der Waals surface area contributed by atoms with Gasteiger partial charge in [-0.1, -0.05) is 25.7 Å². The second-order valence-corrected chi connectivity index (χ2v) is 5.77. The minimum absolute atomic E-state index is 0.00543. The first-order valence-corrected chi connectivity index (χ1v) is 7.26. The van der Waals surface area contributed by atoms with E-state index in [2.05, 4.69) is 5.32 Å². The fraction of sp³-hybridized carbons (Fsp3) is 1.00. The van der Waals surface area contributed by atoms with E-state index in [1.807, 2.05) is 0 Å². The lowest BCUT2D eigenvalue weighted by Crippen LogP contribution is -2.34. The first-order chi connectivity index (χ1) is 7.84. The van der Waals surface area contributed by atoms with Crippen molar-refractivity contribution in [3.05, 3.63) is 0 Å². The number of aliphatic hydroxyl groups excluding tert-OH is 1. The quantitative estimate of drug-likeness (QED) is 0.724. The Bertz CT molecular complexity index is 179. The van der Waals surface area contributed by atoms with E-state index >= 15 is 0 Å².